The Morgan fingerprint density at radius 3 is 2.50 bits per heavy atom. The van der Waals surface area contributed by atoms with Crippen molar-refractivity contribution in [1.29, 1.82) is 0 Å². The summed E-state index contributed by atoms with van der Waals surface area (Å²) >= 11 is 1.09. The Morgan fingerprint density at radius 2 is 2.00 bits per heavy atom. The number of oxime groups is 1. The number of nitrogens with zero attached hydrogens (tertiary/aromatic N) is 1. The monoisotopic (exact) mass is 270 g/mol. The lowest BCUT2D eigenvalue weighted by Gasteiger charge is -2.07. The fourth-order valence-corrected chi connectivity index (χ4v) is 2.00. The molecule has 0 spiro atoms. The average molecular weight is 270 g/mol. The third-order valence-corrected chi connectivity index (χ3v) is 3.23. The Kier molecular flexibility index (Phi) is 5.47. The summed E-state index contributed by atoms with van der Waals surface area (Å²) in [4.78, 5) is 10.5. The topological polar surface area (TPSA) is 116 Å². The summed E-state index contributed by atoms with van der Waals surface area (Å²) in [5.41, 5.74) is 6.19. The van der Waals surface area contributed by atoms with Crippen LogP contribution < -0.4 is 5.73 Å². The molecule has 18 heavy (non-hydrogen) atoms. The van der Waals surface area contributed by atoms with Crippen molar-refractivity contribution in [3.05, 3.63) is 29.8 Å². The summed E-state index contributed by atoms with van der Waals surface area (Å²) in [6, 6.07) is 5.44. The van der Waals surface area contributed by atoms with Crippen LogP contribution in [-0.2, 0) is 11.2 Å². The third-order valence-electron chi connectivity index (χ3n) is 2.15. The predicted molar refractivity (Wildman–Crippen MR) is 69.1 cm³/mol. The quantitative estimate of drug-likeness (QED) is 0.273. The van der Waals surface area contributed by atoms with Crippen LogP contribution in [0.1, 0.15) is 5.56 Å². The van der Waals surface area contributed by atoms with E-state index < -0.39 is 12.0 Å². The van der Waals surface area contributed by atoms with E-state index in [1.165, 1.54) is 12.1 Å². The molecule has 1 atom stereocenters. The third kappa shape index (κ3) is 4.64. The van der Waals surface area contributed by atoms with Gasteiger partial charge in [0.1, 0.15) is 16.8 Å². The van der Waals surface area contributed by atoms with Gasteiger partial charge in [0.15, 0.2) is 0 Å². The number of hydrogen-bond donors (Lipinski definition) is 4. The molecule has 98 valence electrons. The number of carbonyl (C=O) groups is 1. The molecule has 0 aliphatic rings. The van der Waals surface area contributed by atoms with Gasteiger partial charge in [-0.3, -0.25) is 4.79 Å². The first kappa shape index (κ1) is 14.3. The van der Waals surface area contributed by atoms with Crippen molar-refractivity contribution >= 4 is 22.8 Å². The molecule has 7 heteroatoms. The summed E-state index contributed by atoms with van der Waals surface area (Å²) < 4.78 is 0. The van der Waals surface area contributed by atoms with Crippen molar-refractivity contribution in [2.75, 3.05) is 5.75 Å². The zero-order chi connectivity index (χ0) is 13.5. The molecule has 1 aromatic carbocycles. The van der Waals surface area contributed by atoms with Crippen molar-refractivity contribution in [2.45, 2.75) is 12.5 Å². The molecule has 0 fully saturated rings. The minimum Gasteiger partial charge on any atom is -0.508 e. The number of phenolic OH excluding ortho intramolecular Hbond substituents is 1. The summed E-state index contributed by atoms with van der Waals surface area (Å²) in [6.07, 6.45) is 0.355. The maximum atomic E-state index is 10.5. The Morgan fingerprint density at radius 1 is 1.39 bits per heavy atom. The maximum Gasteiger partial charge on any atom is 0.321 e. The Labute approximate surface area is 108 Å². The summed E-state index contributed by atoms with van der Waals surface area (Å²) in [6.45, 7) is 0. The fraction of sp³-hybridized carbons (Fsp3) is 0.273. The van der Waals surface area contributed by atoms with Gasteiger partial charge in [0.2, 0.25) is 0 Å². The van der Waals surface area contributed by atoms with E-state index in [1.54, 1.807) is 12.1 Å². The molecule has 0 amide bonds. The van der Waals surface area contributed by atoms with Gasteiger partial charge in [-0.05, 0) is 17.7 Å². The lowest BCUT2D eigenvalue weighted by Crippen LogP contribution is -2.33. The molecule has 0 heterocycles. The van der Waals surface area contributed by atoms with E-state index in [0.717, 1.165) is 17.3 Å². The zero-order valence-corrected chi connectivity index (χ0v) is 10.3. The van der Waals surface area contributed by atoms with E-state index in [4.69, 9.17) is 21.2 Å². The van der Waals surface area contributed by atoms with Crippen LogP contribution in [-0.4, -0.2) is 38.2 Å². The van der Waals surface area contributed by atoms with Gasteiger partial charge in [-0.2, -0.15) is 0 Å². The second-order valence-corrected chi connectivity index (χ2v) is 4.69. The van der Waals surface area contributed by atoms with Gasteiger partial charge in [-0.1, -0.05) is 17.3 Å². The minimum atomic E-state index is -1.09. The Bertz CT molecular complexity index is 433. The summed E-state index contributed by atoms with van der Waals surface area (Å²) in [5, 5.41) is 30.0. The summed E-state index contributed by atoms with van der Waals surface area (Å²) in [5.74, 6) is -0.807. The standard InChI is InChI=1S/C11H14N2O4S/c12-9(11(15)16)6-18-10(13-17)5-7-1-3-8(14)4-2-7/h1-4,9,14,17H,5-6,12H2,(H,15,16)/b13-10-/t9-/m0/s1. The number of thioether (sulfide) groups is 1. The number of carboxylic acids is 1. The first-order valence-electron chi connectivity index (χ1n) is 5.13. The lowest BCUT2D eigenvalue weighted by molar-refractivity contribution is -0.137. The number of nitrogens with two attached hydrogens (primary N) is 1. The molecular weight excluding hydrogens is 256 g/mol. The number of carboxylic acid groups (broad SMARTS) is 1. The van der Waals surface area contributed by atoms with E-state index in [0.29, 0.717) is 11.5 Å². The molecule has 6 nitrogen and oxygen atoms in total. The number of aliphatic carboxylic acids is 1. The summed E-state index contributed by atoms with van der Waals surface area (Å²) in [7, 11) is 0. The molecule has 0 aliphatic heterocycles. The average Bonchev–Trinajstić information content (AvgIpc) is 2.36. The van der Waals surface area contributed by atoms with Crippen LogP contribution in [0.15, 0.2) is 29.4 Å². The molecular formula is C11H14N2O4S. The van der Waals surface area contributed by atoms with Crippen molar-refractivity contribution < 1.29 is 20.2 Å². The molecule has 0 bridgehead atoms. The lowest BCUT2D eigenvalue weighted by atomic mass is 10.1. The predicted octanol–water partition coefficient (Wildman–Crippen LogP) is 0.867. The highest BCUT2D eigenvalue weighted by Gasteiger charge is 2.13. The second-order valence-electron chi connectivity index (χ2n) is 3.59. The number of hydrogen-bond acceptors (Lipinski definition) is 6. The van der Waals surface area contributed by atoms with Gasteiger partial charge in [-0.25, -0.2) is 0 Å². The highest BCUT2D eigenvalue weighted by molar-refractivity contribution is 8.14. The van der Waals surface area contributed by atoms with E-state index in [1.807, 2.05) is 0 Å². The minimum absolute atomic E-state index is 0.132. The fourth-order valence-electron chi connectivity index (χ4n) is 1.16. The normalized spacial score (nSPS) is 13.3. The largest absolute Gasteiger partial charge is 0.508 e. The molecule has 0 radical (unpaired) electrons. The smallest absolute Gasteiger partial charge is 0.321 e. The Balaban J connectivity index is 2.53. The van der Waals surface area contributed by atoms with Crippen LogP contribution in [0.25, 0.3) is 0 Å². The van der Waals surface area contributed by atoms with E-state index >= 15 is 0 Å². The molecule has 0 saturated heterocycles. The number of phenols is 1. The van der Waals surface area contributed by atoms with Gasteiger partial charge < -0.3 is 21.2 Å². The SMILES string of the molecule is N[C@@H](CS/C(Cc1ccc(O)cc1)=N\O)C(=O)O. The van der Waals surface area contributed by atoms with Gasteiger partial charge >= 0.3 is 5.97 Å². The number of benzene rings is 1. The van der Waals surface area contributed by atoms with Crippen LogP contribution >= 0.6 is 11.8 Å². The highest BCUT2D eigenvalue weighted by Crippen LogP contribution is 2.15. The second kappa shape index (κ2) is 6.87. The zero-order valence-electron chi connectivity index (χ0n) is 9.48. The first-order valence-corrected chi connectivity index (χ1v) is 6.11. The van der Waals surface area contributed by atoms with Gasteiger partial charge in [0, 0.05) is 12.2 Å². The molecule has 0 saturated carbocycles. The van der Waals surface area contributed by atoms with Crippen molar-refractivity contribution in [1.82, 2.24) is 0 Å². The van der Waals surface area contributed by atoms with Crippen molar-refractivity contribution in [3.63, 3.8) is 0 Å². The van der Waals surface area contributed by atoms with E-state index in [2.05, 4.69) is 5.16 Å². The molecule has 0 aliphatic carbocycles. The molecule has 1 aromatic rings. The molecule has 5 N–H and O–H groups in total. The molecule has 1 rings (SSSR count). The first-order chi connectivity index (χ1) is 8.52. The molecule has 0 unspecified atom stereocenters. The van der Waals surface area contributed by atoms with Crippen LogP contribution in [0.4, 0.5) is 0 Å². The van der Waals surface area contributed by atoms with Crippen molar-refractivity contribution in [2.24, 2.45) is 10.9 Å². The van der Waals surface area contributed by atoms with E-state index in [-0.39, 0.29) is 11.5 Å². The number of rotatable bonds is 5. The highest BCUT2D eigenvalue weighted by atomic mass is 32.2. The molecule has 0 aromatic heterocycles. The van der Waals surface area contributed by atoms with Crippen molar-refractivity contribution in [3.8, 4) is 5.75 Å². The maximum absolute atomic E-state index is 10.5. The van der Waals surface area contributed by atoms with Crippen LogP contribution in [0.3, 0.4) is 0 Å². The number of aromatic hydroxyl groups is 1. The van der Waals surface area contributed by atoms with Crippen LogP contribution in [0.2, 0.25) is 0 Å². The van der Waals surface area contributed by atoms with Gasteiger partial charge in [-0.15, -0.1) is 11.8 Å². The van der Waals surface area contributed by atoms with Crippen LogP contribution in [0.5, 0.6) is 5.75 Å². The van der Waals surface area contributed by atoms with E-state index in [9.17, 15) is 4.79 Å². The van der Waals surface area contributed by atoms with Gasteiger partial charge in [0.05, 0.1) is 0 Å². The van der Waals surface area contributed by atoms with Crippen LogP contribution in [0, 0.1) is 0 Å². The Hall–Kier alpha value is -1.73. The van der Waals surface area contributed by atoms with Gasteiger partial charge in [0.25, 0.3) is 0 Å².